The van der Waals surface area contributed by atoms with Gasteiger partial charge in [-0.2, -0.15) is 11.3 Å². The molecule has 0 unspecified atom stereocenters. The van der Waals surface area contributed by atoms with Crippen LogP contribution >= 0.6 is 11.3 Å². The fourth-order valence-electron chi connectivity index (χ4n) is 3.35. The first-order valence-corrected chi connectivity index (χ1v) is 9.02. The highest BCUT2D eigenvalue weighted by atomic mass is 32.1. The van der Waals surface area contributed by atoms with E-state index >= 15 is 0 Å². The van der Waals surface area contributed by atoms with E-state index in [-0.39, 0.29) is 18.4 Å². The average Bonchev–Trinajstić information content (AvgIpc) is 3.07. The van der Waals surface area contributed by atoms with Gasteiger partial charge in [0.1, 0.15) is 0 Å². The van der Waals surface area contributed by atoms with Crippen LogP contribution in [0, 0.1) is 5.92 Å². The Morgan fingerprint density at radius 2 is 2.00 bits per heavy atom. The number of rotatable bonds is 5. The minimum Gasteiger partial charge on any atom is -0.341 e. The second-order valence-electron chi connectivity index (χ2n) is 6.20. The number of thiophene rings is 1. The van der Waals surface area contributed by atoms with E-state index in [0.29, 0.717) is 17.5 Å². The number of nitrogens with zero attached hydrogens (tertiary/aromatic N) is 2. The van der Waals surface area contributed by atoms with Crippen molar-refractivity contribution in [1.82, 2.24) is 9.80 Å². The second kappa shape index (κ2) is 7.77. The fraction of sp³-hybridized carbons (Fsp3) is 0.647. The summed E-state index contributed by atoms with van der Waals surface area (Å²) in [6, 6.07) is 2.13. The van der Waals surface area contributed by atoms with Crippen molar-refractivity contribution in [3.8, 4) is 0 Å². The summed E-state index contributed by atoms with van der Waals surface area (Å²) in [6.07, 6.45) is 5.88. The highest BCUT2D eigenvalue weighted by Crippen LogP contribution is 2.30. The molecule has 1 aromatic rings. The predicted molar refractivity (Wildman–Crippen MR) is 90.1 cm³/mol. The van der Waals surface area contributed by atoms with Crippen molar-refractivity contribution >= 4 is 23.2 Å². The van der Waals surface area contributed by atoms with E-state index in [2.05, 4.69) is 6.92 Å². The molecule has 1 aromatic heterocycles. The molecule has 22 heavy (non-hydrogen) atoms. The number of carbonyl (C=O) groups excluding carboxylic acids is 2. The Kier molecular flexibility index (Phi) is 6.00. The lowest BCUT2D eigenvalue weighted by Gasteiger charge is -2.38. The molecule has 2 atom stereocenters. The largest absolute Gasteiger partial charge is 0.341 e. The molecule has 1 aliphatic rings. The molecule has 2 amide bonds. The molecule has 4 nitrogen and oxygen atoms in total. The maximum absolute atomic E-state index is 12.5. The lowest BCUT2D eigenvalue weighted by Crippen LogP contribution is -2.47. The number of likely N-dealkylation sites (N-methyl/N-ethyl adjacent to an activating group) is 2. The highest BCUT2D eigenvalue weighted by molar-refractivity contribution is 7.08. The Bertz CT molecular complexity index is 501. The minimum absolute atomic E-state index is 0.0384. The summed E-state index contributed by atoms with van der Waals surface area (Å²) in [5, 5.41) is 3.70. The van der Waals surface area contributed by atoms with Gasteiger partial charge >= 0.3 is 0 Å². The van der Waals surface area contributed by atoms with Crippen molar-refractivity contribution in [3.05, 3.63) is 22.4 Å². The number of carbonyl (C=O) groups is 2. The van der Waals surface area contributed by atoms with Crippen molar-refractivity contribution < 1.29 is 9.59 Å². The predicted octanol–water partition coefficient (Wildman–Crippen LogP) is 3.25. The van der Waals surface area contributed by atoms with Gasteiger partial charge in [-0.25, -0.2) is 0 Å². The van der Waals surface area contributed by atoms with Gasteiger partial charge in [-0.15, -0.1) is 0 Å². The van der Waals surface area contributed by atoms with E-state index in [1.807, 2.05) is 22.7 Å². The molecule has 0 spiro atoms. The van der Waals surface area contributed by atoms with Crippen molar-refractivity contribution in [2.24, 2.45) is 5.92 Å². The highest BCUT2D eigenvalue weighted by Gasteiger charge is 2.30. The summed E-state index contributed by atoms with van der Waals surface area (Å²) >= 11 is 1.49. The quantitative estimate of drug-likeness (QED) is 0.835. The Morgan fingerprint density at radius 1 is 1.27 bits per heavy atom. The fourth-order valence-corrected chi connectivity index (χ4v) is 3.98. The molecule has 1 heterocycles. The van der Waals surface area contributed by atoms with Crippen molar-refractivity contribution in [3.63, 3.8) is 0 Å². The zero-order valence-electron chi connectivity index (χ0n) is 13.7. The third kappa shape index (κ3) is 3.88. The van der Waals surface area contributed by atoms with Gasteiger partial charge in [0.05, 0.1) is 12.1 Å². The van der Waals surface area contributed by atoms with E-state index in [1.54, 1.807) is 13.1 Å². The van der Waals surface area contributed by atoms with Crippen LogP contribution in [0.1, 0.15) is 49.4 Å². The third-order valence-electron chi connectivity index (χ3n) is 4.77. The topological polar surface area (TPSA) is 40.6 Å². The van der Waals surface area contributed by atoms with Crippen LogP contribution in [0.25, 0.3) is 0 Å². The molecular formula is C17H26N2O2S. The third-order valence-corrected chi connectivity index (χ3v) is 5.45. The van der Waals surface area contributed by atoms with E-state index in [1.165, 1.54) is 35.5 Å². The summed E-state index contributed by atoms with van der Waals surface area (Å²) in [5.74, 6) is 0.552. The van der Waals surface area contributed by atoms with Crippen LogP contribution in [0.3, 0.4) is 0 Å². The van der Waals surface area contributed by atoms with Gasteiger partial charge in [0.15, 0.2) is 0 Å². The van der Waals surface area contributed by atoms with Crippen LogP contribution in [0.15, 0.2) is 16.8 Å². The van der Waals surface area contributed by atoms with Gasteiger partial charge in [0.2, 0.25) is 5.91 Å². The van der Waals surface area contributed by atoms with E-state index in [4.69, 9.17) is 0 Å². The first-order chi connectivity index (χ1) is 10.5. The maximum Gasteiger partial charge on any atom is 0.254 e. The molecule has 0 saturated heterocycles. The summed E-state index contributed by atoms with van der Waals surface area (Å²) in [7, 11) is 3.59. The molecule has 2 rings (SSSR count). The molecule has 122 valence electrons. The molecular weight excluding hydrogens is 296 g/mol. The standard InChI is InChI=1S/C17H26N2O2S/c1-4-13-7-5-6-8-15(13)19(3)16(20)11-18(2)17(21)14-9-10-22-12-14/h9-10,12-13,15H,4-8,11H2,1-3H3/t13-,15-/m1/s1. The molecule has 1 saturated carbocycles. The smallest absolute Gasteiger partial charge is 0.254 e. The Morgan fingerprint density at radius 3 is 2.64 bits per heavy atom. The molecule has 0 radical (unpaired) electrons. The molecule has 1 aliphatic carbocycles. The van der Waals surface area contributed by atoms with Crippen LogP contribution in [0.5, 0.6) is 0 Å². The molecule has 0 aromatic carbocycles. The normalized spacial score (nSPS) is 21.4. The first-order valence-electron chi connectivity index (χ1n) is 8.08. The van der Waals surface area contributed by atoms with Gasteiger partial charge in [0.25, 0.3) is 5.91 Å². The van der Waals surface area contributed by atoms with Crippen molar-refractivity contribution in [1.29, 1.82) is 0 Å². The van der Waals surface area contributed by atoms with Crippen LogP contribution in [0.2, 0.25) is 0 Å². The molecule has 0 aliphatic heterocycles. The Balaban J connectivity index is 1.94. The van der Waals surface area contributed by atoms with Gasteiger partial charge < -0.3 is 9.80 Å². The minimum atomic E-state index is -0.0846. The van der Waals surface area contributed by atoms with Crippen LogP contribution < -0.4 is 0 Å². The van der Waals surface area contributed by atoms with E-state index in [0.717, 1.165) is 12.8 Å². The lowest BCUT2D eigenvalue weighted by atomic mass is 9.82. The van der Waals surface area contributed by atoms with Crippen molar-refractivity contribution in [2.45, 2.75) is 45.1 Å². The van der Waals surface area contributed by atoms with Gasteiger partial charge in [-0.1, -0.05) is 26.2 Å². The summed E-state index contributed by atoms with van der Waals surface area (Å²) in [4.78, 5) is 28.1. The SMILES string of the molecule is CC[C@@H]1CCCC[C@H]1N(C)C(=O)CN(C)C(=O)c1ccsc1. The van der Waals surface area contributed by atoms with Crippen LogP contribution in [-0.4, -0.2) is 48.3 Å². The summed E-state index contributed by atoms with van der Waals surface area (Å²) in [5.41, 5.74) is 0.659. The van der Waals surface area contributed by atoms with Gasteiger partial charge in [-0.3, -0.25) is 9.59 Å². The number of hydrogen-bond donors (Lipinski definition) is 0. The number of hydrogen-bond acceptors (Lipinski definition) is 3. The Hall–Kier alpha value is -1.36. The monoisotopic (exact) mass is 322 g/mol. The second-order valence-corrected chi connectivity index (χ2v) is 6.98. The zero-order valence-corrected chi connectivity index (χ0v) is 14.6. The van der Waals surface area contributed by atoms with E-state index in [9.17, 15) is 9.59 Å². The van der Waals surface area contributed by atoms with Gasteiger partial charge in [0, 0.05) is 25.5 Å². The molecule has 5 heteroatoms. The molecule has 1 fully saturated rings. The molecule has 0 N–H and O–H groups in total. The van der Waals surface area contributed by atoms with Crippen LogP contribution in [0.4, 0.5) is 0 Å². The average molecular weight is 322 g/mol. The Labute approximate surface area is 137 Å². The van der Waals surface area contributed by atoms with Crippen molar-refractivity contribution in [2.75, 3.05) is 20.6 Å². The summed E-state index contributed by atoms with van der Waals surface area (Å²) in [6.45, 7) is 2.35. The lowest BCUT2D eigenvalue weighted by molar-refractivity contribution is -0.134. The maximum atomic E-state index is 12.5. The molecule has 0 bridgehead atoms. The van der Waals surface area contributed by atoms with E-state index < -0.39 is 0 Å². The zero-order chi connectivity index (χ0) is 16.1. The number of amides is 2. The van der Waals surface area contributed by atoms with Gasteiger partial charge in [-0.05, 0) is 30.2 Å². The van der Waals surface area contributed by atoms with Crippen LogP contribution in [-0.2, 0) is 4.79 Å². The summed E-state index contributed by atoms with van der Waals surface area (Å²) < 4.78 is 0. The first kappa shape index (κ1) is 17.0.